The van der Waals surface area contributed by atoms with Crippen molar-refractivity contribution in [3.05, 3.63) is 0 Å². The number of hydrogen-bond acceptors (Lipinski definition) is 4. The lowest BCUT2D eigenvalue weighted by Gasteiger charge is -2.30. The Morgan fingerprint density at radius 2 is 2.05 bits per heavy atom. The van der Waals surface area contributed by atoms with E-state index in [9.17, 15) is 18.0 Å². The van der Waals surface area contributed by atoms with Crippen LogP contribution in [0.3, 0.4) is 0 Å². The molecule has 1 heterocycles. The largest absolute Gasteiger partial charge is 0.480 e. The number of nitrogens with zero attached hydrogens (tertiary/aromatic N) is 1. The first-order chi connectivity index (χ1) is 8.79. The van der Waals surface area contributed by atoms with E-state index in [0.717, 1.165) is 12.8 Å². The molecule has 0 aromatic rings. The molecule has 3 N–H and O–H groups in total. The Bertz CT molecular complexity index is 436. The molecule has 0 saturated carbocycles. The predicted molar refractivity (Wildman–Crippen MR) is 68.2 cm³/mol. The zero-order valence-corrected chi connectivity index (χ0v) is 11.6. The quantitative estimate of drug-likeness (QED) is 0.604. The molecule has 0 radical (unpaired) electrons. The van der Waals surface area contributed by atoms with Gasteiger partial charge >= 0.3 is 12.0 Å². The first-order valence-corrected chi connectivity index (χ1v) is 7.82. The van der Waals surface area contributed by atoms with E-state index in [0.29, 0.717) is 19.6 Å². The van der Waals surface area contributed by atoms with Crippen LogP contribution < -0.4 is 10.6 Å². The van der Waals surface area contributed by atoms with Crippen molar-refractivity contribution in [2.24, 2.45) is 5.92 Å². The van der Waals surface area contributed by atoms with Gasteiger partial charge in [-0.25, -0.2) is 17.5 Å². The molecule has 0 aromatic carbocycles. The van der Waals surface area contributed by atoms with Crippen molar-refractivity contribution < 1.29 is 23.1 Å². The molecule has 2 amide bonds. The molecule has 1 saturated heterocycles. The lowest BCUT2D eigenvalue weighted by molar-refractivity contribution is -0.135. The molecule has 0 aromatic heterocycles. The number of urea groups is 1. The van der Waals surface area contributed by atoms with E-state index in [2.05, 4.69) is 10.6 Å². The monoisotopic (exact) mass is 293 g/mol. The molecule has 1 rings (SSSR count). The van der Waals surface area contributed by atoms with Crippen LogP contribution in [0.1, 0.15) is 12.8 Å². The molecule has 8 nitrogen and oxygen atoms in total. The standard InChI is InChI=1S/C10H19N3O5S/c1-19(17,18)13-4-2-3-8(7-13)5-11-10(16)12-6-9(14)15/h8H,2-7H2,1H3,(H,14,15)(H2,11,12,16). The predicted octanol–water partition coefficient (Wildman–Crippen LogP) is -0.958. The third-order valence-electron chi connectivity index (χ3n) is 2.90. The Morgan fingerprint density at radius 3 is 2.63 bits per heavy atom. The van der Waals surface area contributed by atoms with Crippen molar-refractivity contribution >= 4 is 22.0 Å². The van der Waals surface area contributed by atoms with Gasteiger partial charge in [0.1, 0.15) is 6.54 Å². The third kappa shape index (κ3) is 5.88. The highest BCUT2D eigenvalue weighted by Gasteiger charge is 2.25. The Kier molecular flexibility index (Phi) is 5.55. The molecule has 0 aliphatic carbocycles. The van der Waals surface area contributed by atoms with Crippen LogP contribution in [0.15, 0.2) is 0 Å². The van der Waals surface area contributed by atoms with Crippen molar-refractivity contribution in [2.75, 3.05) is 32.4 Å². The van der Waals surface area contributed by atoms with E-state index < -0.39 is 28.6 Å². The van der Waals surface area contributed by atoms with Gasteiger partial charge in [0.25, 0.3) is 0 Å². The van der Waals surface area contributed by atoms with E-state index in [-0.39, 0.29) is 5.92 Å². The number of hydrogen-bond donors (Lipinski definition) is 3. The van der Waals surface area contributed by atoms with E-state index >= 15 is 0 Å². The van der Waals surface area contributed by atoms with Gasteiger partial charge in [0.2, 0.25) is 10.0 Å². The molecule has 1 fully saturated rings. The molecule has 0 bridgehead atoms. The van der Waals surface area contributed by atoms with Crippen molar-refractivity contribution in [3.8, 4) is 0 Å². The van der Waals surface area contributed by atoms with Crippen LogP contribution in [0.2, 0.25) is 0 Å². The second-order valence-corrected chi connectivity index (χ2v) is 6.57. The number of nitrogens with one attached hydrogen (secondary N) is 2. The lowest BCUT2D eigenvalue weighted by Crippen LogP contribution is -2.45. The summed E-state index contributed by atoms with van der Waals surface area (Å²) in [6.45, 7) is 0.794. The summed E-state index contributed by atoms with van der Waals surface area (Å²) < 4.78 is 24.2. The van der Waals surface area contributed by atoms with Crippen LogP contribution in [-0.4, -0.2) is 62.3 Å². The topological polar surface area (TPSA) is 116 Å². The second kappa shape index (κ2) is 6.71. The summed E-state index contributed by atoms with van der Waals surface area (Å²) in [5, 5.41) is 13.1. The smallest absolute Gasteiger partial charge is 0.323 e. The maximum atomic E-state index is 11.4. The van der Waals surface area contributed by atoms with E-state index in [1.807, 2.05) is 0 Å². The summed E-state index contributed by atoms with van der Waals surface area (Å²) in [5.74, 6) is -1.06. The van der Waals surface area contributed by atoms with Crippen LogP contribution in [0, 0.1) is 5.92 Å². The molecular formula is C10H19N3O5S. The summed E-state index contributed by atoms with van der Waals surface area (Å²) >= 11 is 0. The van der Waals surface area contributed by atoms with Crippen LogP contribution in [-0.2, 0) is 14.8 Å². The molecule has 1 unspecified atom stereocenters. The summed E-state index contributed by atoms with van der Waals surface area (Å²) in [5.41, 5.74) is 0. The number of sulfonamides is 1. The summed E-state index contributed by atoms with van der Waals surface area (Å²) in [6.07, 6.45) is 2.77. The van der Waals surface area contributed by atoms with Crippen LogP contribution in [0.4, 0.5) is 4.79 Å². The molecule has 19 heavy (non-hydrogen) atoms. The van der Waals surface area contributed by atoms with Crippen molar-refractivity contribution in [2.45, 2.75) is 12.8 Å². The molecule has 0 spiro atoms. The molecular weight excluding hydrogens is 274 g/mol. The SMILES string of the molecule is CS(=O)(=O)N1CCCC(CNC(=O)NCC(=O)O)C1. The van der Waals surface area contributed by atoms with Crippen LogP contribution in [0.25, 0.3) is 0 Å². The van der Waals surface area contributed by atoms with Gasteiger partial charge < -0.3 is 15.7 Å². The van der Waals surface area contributed by atoms with Gasteiger partial charge in [-0.1, -0.05) is 0 Å². The van der Waals surface area contributed by atoms with E-state index in [1.54, 1.807) is 0 Å². The fourth-order valence-electron chi connectivity index (χ4n) is 1.95. The Hall–Kier alpha value is -1.35. The number of carboxylic acids is 1. The molecule has 1 aliphatic rings. The summed E-state index contributed by atoms with van der Waals surface area (Å²) in [4.78, 5) is 21.5. The van der Waals surface area contributed by atoms with Gasteiger partial charge in [-0.3, -0.25) is 4.79 Å². The van der Waals surface area contributed by atoms with Crippen molar-refractivity contribution in [1.82, 2.24) is 14.9 Å². The number of amides is 2. The van der Waals surface area contributed by atoms with Crippen LogP contribution in [0.5, 0.6) is 0 Å². The van der Waals surface area contributed by atoms with Crippen LogP contribution >= 0.6 is 0 Å². The Labute approximate surface area is 112 Å². The Balaban J connectivity index is 2.33. The highest BCUT2D eigenvalue weighted by Crippen LogP contribution is 2.17. The van der Waals surface area contributed by atoms with E-state index in [1.165, 1.54) is 10.6 Å². The number of aliphatic carboxylic acids is 1. The fraction of sp³-hybridized carbons (Fsp3) is 0.800. The second-order valence-electron chi connectivity index (χ2n) is 4.59. The van der Waals surface area contributed by atoms with Gasteiger partial charge in [0.15, 0.2) is 0 Å². The van der Waals surface area contributed by atoms with Gasteiger partial charge in [-0.2, -0.15) is 0 Å². The number of carbonyl (C=O) groups excluding carboxylic acids is 1. The van der Waals surface area contributed by atoms with E-state index in [4.69, 9.17) is 5.11 Å². The highest BCUT2D eigenvalue weighted by molar-refractivity contribution is 7.88. The maximum Gasteiger partial charge on any atom is 0.323 e. The molecule has 110 valence electrons. The minimum atomic E-state index is -3.19. The molecule has 9 heteroatoms. The van der Waals surface area contributed by atoms with Crippen molar-refractivity contribution in [3.63, 3.8) is 0 Å². The summed E-state index contributed by atoms with van der Waals surface area (Å²) in [6, 6.07) is -0.557. The zero-order valence-electron chi connectivity index (χ0n) is 10.8. The fourth-order valence-corrected chi connectivity index (χ4v) is 2.89. The average molecular weight is 293 g/mol. The zero-order chi connectivity index (χ0) is 14.5. The Morgan fingerprint density at radius 1 is 1.37 bits per heavy atom. The average Bonchev–Trinajstić information content (AvgIpc) is 2.33. The number of piperidine rings is 1. The highest BCUT2D eigenvalue weighted by atomic mass is 32.2. The van der Waals surface area contributed by atoms with Gasteiger partial charge in [0, 0.05) is 19.6 Å². The van der Waals surface area contributed by atoms with Crippen molar-refractivity contribution in [1.29, 1.82) is 0 Å². The third-order valence-corrected chi connectivity index (χ3v) is 4.17. The number of rotatable bonds is 5. The van der Waals surface area contributed by atoms with Gasteiger partial charge in [-0.05, 0) is 18.8 Å². The molecule has 1 atom stereocenters. The minimum Gasteiger partial charge on any atom is -0.480 e. The lowest BCUT2D eigenvalue weighted by atomic mass is 10.00. The number of carboxylic acid groups (broad SMARTS) is 1. The van der Waals surface area contributed by atoms with Gasteiger partial charge in [-0.15, -0.1) is 0 Å². The maximum absolute atomic E-state index is 11.4. The summed E-state index contributed by atoms with van der Waals surface area (Å²) in [7, 11) is -3.19. The first-order valence-electron chi connectivity index (χ1n) is 5.97. The number of carbonyl (C=O) groups is 2. The van der Waals surface area contributed by atoms with Gasteiger partial charge in [0.05, 0.1) is 6.26 Å². The normalized spacial score (nSPS) is 20.8. The molecule has 1 aliphatic heterocycles. The first kappa shape index (κ1) is 15.7. The minimum absolute atomic E-state index is 0.0547.